The fraction of sp³-hybridized carbons (Fsp3) is 0.444. The first kappa shape index (κ1) is 30.1. The van der Waals surface area contributed by atoms with Gasteiger partial charge in [0.1, 0.15) is 72.0 Å². The van der Waals surface area contributed by atoms with Gasteiger partial charge in [0.15, 0.2) is 16.9 Å². The maximum absolute atomic E-state index is 13.0. The Morgan fingerprint density at radius 2 is 1.36 bits per heavy atom. The van der Waals surface area contributed by atoms with Crippen LogP contribution in [0.15, 0.2) is 45.6 Å². The summed E-state index contributed by atoms with van der Waals surface area (Å²) in [6.45, 7) is -1.35. The highest BCUT2D eigenvalue weighted by atomic mass is 16.7. The Hall–Kier alpha value is -3.35. The second-order valence-corrected chi connectivity index (χ2v) is 10.1. The van der Waals surface area contributed by atoms with Gasteiger partial charge in [0, 0.05) is 23.3 Å². The van der Waals surface area contributed by atoms with Crippen molar-refractivity contribution in [3.8, 4) is 28.6 Å². The fourth-order valence-electron chi connectivity index (χ4n) is 5.00. The van der Waals surface area contributed by atoms with E-state index in [2.05, 4.69) is 0 Å². The zero-order valence-electron chi connectivity index (χ0n) is 21.7. The lowest BCUT2D eigenvalue weighted by Gasteiger charge is -2.40. The molecule has 2 saturated heterocycles. The third-order valence-corrected chi connectivity index (χ3v) is 7.41. The number of aliphatic hydroxyl groups is 8. The molecule has 0 radical (unpaired) electrons. The highest BCUT2D eigenvalue weighted by Crippen LogP contribution is 2.39. The predicted octanol–water partition coefficient (Wildman–Crippen LogP) is -2.44. The van der Waals surface area contributed by atoms with Crippen LogP contribution < -0.4 is 10.2 Å². The third-order valence-electron chi connectivity index (χ3n) is 7.41. The van der Waals surface area contributed by atoms with Crippen LogP contribution in [0.2, 0.25) is 0 Å². The fourth-order valence-corrected chi connectivity index (χ4v) is 5.00. The lowest BCUT2D eigenvalue weighted by atomic mass is 9.90. The number of benzene rings is 2. The molecule has 2 fully saturated rings. The molecule has 15 heteroatoms. The first-order valence-electron chi connectivity index (χ1n) is 12.9. The molecule has 2 aliphatic rings. The SMILES string of the molecule is O=c1cc(-c2ccc(OC3OC(CO)C(O)C(O)C3O)c(O)c2)oc2cc(O)c(C3OC(CO)C(O)C(O)C3O)cc12. The van der Waals surface area contributed by atoms with Crippen molar-refractivity contribution in [2.45, 2.75) is 61.2 Å². The van der Waals surface area contributed by atoms with Crippen LogP contribution >= 0.6 is 0 Å². The molecular formula is C27H30O15. The molecule has 10 atom stereocenters. The van der Waals surface area contributed by atoms with E-state index in [1.54, 1.807) is 0 Å². The van der Waals surface area contributed by atoms with Crippen LogP contribution in [0.3, 0.4) is 0 Å². The van der Waals surface area contributed by atoms with Crippen molar-refractivity contribution in [3.05, 3.63) is 52.2 Å². The predicted molar refractivity (Wildman–Crippen MR) is 138 cm³/mol. The molecule has 0 spiro atoms. The quantitative estimate of drug-likeness (QED) is 0.142. The van der Waals surface area contributed by atoms with Crippen molar-refractivity contribution in [3.63, 3.8) is 0 Å². The lowest BCUT2D eigenvalue weighted by molar-refractivity contribution is -0.277. The summed E-state index contributed by atoms with van der Waals surface area (Å²) in [4.78, 5) is 13.0. The van der Waals surface area contributed by atoms with Gasteiger partial charge in [-0.15, -0.1) is 0 Å². The molecule has 3 aromatic rings. The number of aromatic hydroxyl groups is 2. The number of fused-ring (bicyclic) bond motifs is 1. The molecule has 15 nitrogen and oxygen atoms in total. The number of phenols is 2. The average molecular weight is 595 g/mol. The molecule has 3 heterocycles. The van der Waals surface area contributed by atoms with Gasteiger partial charge in [0.25, 0.3) is 0 Å². The summed E-state index contributed by atoms with van der Waals surface area (Å²) in [6.07, 6.45) is -15.4. The molecule has 10 unspecified atom stereocenters. The van der Waals surface area contributed by atoms with Gasteiger partial charge in [-0.05, 0) is 24.3 Å². The second-order valence-electron chi connectivity index (χ2n) is 10.1. The molecule has 2 aromatic carbocycles. The molecular weight excluding hydrogens is 564 g/mol. The number of aliphatic hydroxyl groups excluding tert-OH is 8. The Balaban J connectivity index is 1.42. The molecule has 228 valence electrons. The van der Waals surface area contributed by atoms with Crippen molar-refractivity contribution in [1.29, 1.82) is 0 Å². The summed E-state index contributed by atoms with van der Waals surface area (Å²) in [7, 11) is 0. The summed E-state index contributed by atoms with van der Waals surface area (Å²) in [5.74, 6) is -1.18. The summed E-state index contributed by atoms with van der Waals surface area (Å²) >= 11 is 0. The molecule has 1 aromatic heterocycles. The first-order valence-corrected chi connectivity index (χ1v) is 12.9. The van der Waals surface area contributed by atoms with E-state index in [1.165, 1.54) is 24.3 Å². The van der Waals surface area contributed by atoms with Gasteiger partial charge in [-0.25, -0.2) is 0 Å². The van der Waals surface area contributed by atoms with E-state index in [1.807, 2.05) is 0 Å². The van der Waals surface area contributed by atoms with Crippen molar-refractivity contribution in [2.75, 3.05) is 13.2 Å². The highest BCUT2D eigenvalue weighted by Gasteiger charge is 2.46. The van der Waals surface area contributed by atoms with Crippen molar-refractivity contribution in [1.82, 2.24) is 0 Å². The van der Waals surface area contributed by atoms with Crippen molar-refractivity contribution >= 4 is 11.0 Å². The van der Waals surface area contributed by atoms with Crippen LogP contribution in [0.25, 0.3) is 22.3 Å². The number of ether oxygens (including phenoxy) is 3. The minimum absolute atomic E-state index is 0.0258. The lowest BCUT2D eigenvalue weighted by Crippen LogP contribution is -2.60. The Morgan fingerprint density at radius 3 is 2.00 bits per heavy atom. The number of hydrogen-bond donors (Lipinski definition) is 10. The zero-order valence-corrected chi connectivity index (χ0v) is 21.7. The highest BCUT2D eigenvalue weighted by molar-refractivity contribution is 5.81. The van der Waals surface area contributed by atoms with Crippen molar-refractivity contribution < 1.29 is 69.7 Å². The third kappa shape index (κ3) is 5.31. The second kappa shape index (κ2) is 11.7. The standard InChI is InChI=1S/C27H30O15/c28-7-18-20(33)22(35)24(37)26(40-18)11-4-10-12(30)5-16(39-17(10)6-13(11)31)9-1-2-15(14(32)3-9)41-27-25(38)23(36)21(34)19(8-29)42-27/h1-6,18-29,31-38H,7-8H2. The smallest absolute Gasteiger partial charge is 0.229 e. The van der Waals surface area contributed by atoms with Gasteiger partial charge in [-0.3, -0.25) is 4.79 Å². The molecule has 0 bridgehead atoms. The van der Waals surface area contributed by atoms with Crippen LogP contribution in [-0.4, -0.2) is 119 Å². The summed E-state index contributed by atoms with van der Waals surface area (Å²) in [5.41, 5.74) is -0.556. The van der Waals surface area contributed by atoms with Gasteiger partial charge in [-0.2, -0.15) is 0 Å². The van der Waals surface area contributed by atoms with Gasteiger partial charge >= 0.3 is 0 Å². The number of rotatable bonds is 6. The maximum Gasteiger partial charge on any atom is 0.229 e. The topological polar surface area (TPSA) is 260 Å². The van der Waals surface area contributed by atoms with Crippen LogP contribution in [0.5, 0.6) is 17.2 Å². The van der Waals surface area contributed by atoms with E-state index in [4.69, 9.17) is 18.6 Å². The minimum atomic E-state index is -1.71. The average Bonchev–Trinajstić information content (AvgIpc) is 2.97. The normalized spacial score (nSPS) is 33.5. The van der Waals surface area contributed by atoms with Crippen LogP contribution in [0.4, 0.5) is 0 Å². The van der Waals surface area contributed by atoms with Crippen LogP contribution in [0.1, 0.15) is 11.7 Å². The zero-order chi connectivity index (χ0) is 30.5. The maximum atomic E-state index is 13.0. The van der Waals surface area contributed by atoms with E-state index in [9.17, 15) is 55.9 Å². The van der Waals surface area contributed by atoms with E-state index >= 15 is 0 Å². The van der Waals surface area contributed by atoms with Crippen LogP contribution in [-0.2, 0) is 9.47 Å². The van der Waals surface area contributed by atoms with Crippen LogP contribution in [0, 0.1) is 0 Å². The molecule has 42 heavy (non-hydrogen) atoms. The van der Waals surface area contributed by atoms with Gasteiger partial charge in [-0.1, -0.05) is 0 Å². The molecule has 0 saturated carbocycles. The largest absolute Gasteiger partial charge is 0.507 e. The summed E-state index contributed by atoms with van der Waals surface area (Å²) in [5, 5.41) is 101. The summed E-state index contributed by atoms with van der Waals surface area (Å²) < 4.78 is 22.0. The van der Waals surface area contributed by atoms with E-state index in [0.29, 0.717) is 0 Å². The first-order chi connectivity index (χ1) is 19.9. The van der Waals surface area contributed by atoms with E-state index in [-0.39, 0.29) is 33.6 Å². The Kier molecular flexibility index (Phi) is 8.41. The monoisotopic (exact) mass is 594 g/mol. The van der Waals surface area contributed by atoms with Crippen molar-refractivity contribution in [2.24, 2.45) is 0 Å². The molecule has 0 aliphatic carbocycles. The van der Waals surface area contributed by atoms with E-state index < -0.39 is 91.4 Å². The Labute approximate surface area is 236 Å². The van der Waals surface area contributed by atoms with Gasteiger partial charge < -0.3 is 69.7 Å². The molecule has 5 rings (SSSR count). The van der Waals surface area contributed by atoms with Gasteiger partial charge in [0.2, 0.25) is 6.29 Å². The summed E-state index contributed by atoms with van der Waals surface area (Å²) in [6, 6.07) is 7.21. The number of hydrogen-bond acceptors (Lipinski definition) is 15. The van der Waals surface area contributed by atoms with Gasteiger partial charge in [0.05, 0.1) is 18.6 Å². The number of phenolic OH excluding ortho intramolecular Hbond substituents is 2. The Bertz CT molecular complexity index is 1490. The van der Waals surface area contributed by atoms with E-state index in [0.717, 1.165) is 12.1 Å². The minimum Gasteiger partial charge on any atom is -0.507 e. The molecule has 2 aliphatic heterocycles. The molecule has 0 amide bonds. The Morgan fingerprint density at radius 1 is 0.714 bits per heavy atom. The molecule has 10 N–H and O–H groups in total.